The minimum atomic E-state index is -0.0881. The van der Waals surface area contributed by atoms with Crippen LogP contribution in [0.5, 0.6) is 0 Å². The maximum absolute atomic E-state index is 13.2. The summed E-state index contributed by atoms with van der Waals surface area (Å²) in [7, 11) is 0. The van der Waals surface area contributed by atoms with Gasteiger partial charge < -0.3 is 14.5 Å². The smallest absolute Gasteiger partial charge is 0.254 e. The molecule has 2 aliphatic rings. The molecule has 5 rings (SSSR count). The second kappa shape index (κ2) is 7.09. The summed E-state index contributed by atoms with van der Waals surface area (Å²) in [5.74, 6) is 0.725. The van der Waals surface area contributed by atoms with Crippen LogP contribution in [0.4, 0.5) is 0 Å². The van der Waals surface area contributed by atoms with Gasteiger partial charge in [0.05, 0.1) is 16.8 Å². The maximum Gasteiger partial charge on any atom is 0.254 e. The van der Waals surface area contributed by atoms with Crippen LogP contribution in [0.1, 0.15) is 47.6 Å². The van der Waals surface area contributed by atoms with Crippen LogP contribution >= 0.6 is 0 Å². The lowest BCUT2D eigenvalue weighted by Crippen LogP contribution is -2.46. The van der Waals surface area contributed by atoms with E-state index in [1.807, 2.05) is 47.6 Å². The molecule has 0 unspecified atom stereocenters. The minimum absolute atomic E-state index is 0.0128. The fourth-order valence-corrected chi connectivity index (χ4v) is 5.45. The van der Waals surface area contributed by atoms with Crippen LogP contribution in [0.3, 0.4) is 0 Å². The van der Waals surface area contributed by atoms with Crippen molar-refractivity contribution in [1.82, 2.24) is 19.4 Å². The van der Waals surface area contributed by atoms with E-state index in [9.17, 15) is 14.9 Å². The summed E-state index contributed by atoms with van der Waals surface area (Å²) in [4.78, 5) is 34.9. The zero-order chi connectivity index (χ0) is 21.8. The topological polar surface area (TPSA) is 94.8 Å². The van der Waals surface area contributed by atoms with Gasteiger partial charge in [0, 0.05) is 35.1 Å². The highest BCUT2D eigenvalue weighted by atomic mass is 16.2. The van der Waals surface area contributed by atoms with Gasteiger partial charge in [-0.2, -0.15) is 5.26 Å². The third-order valence-corrected chi connectivity index (χ3v) is 7.20. The van der Waals surface area contributed by atoms with Crippen LogP contribution in [-0.4, -0.2) is 38.4 Å². The summed E-state index contributed by atoms with van der Waals surface area (Å²) in [6.07, 6.45) is 3.35. The highest BCUT2D eigenvalue weighted by Crippen LogP contribution is 2.44. The fraction of sp³-hybridized carbons (Fsp3) is 0.417. The molecule has 1 N–H and O–H groups in total. The molecule has 0 bridgehead atoms. The predicted octanol–water partition coefficient (Wildman–Crippen LogP) is 2.72. The summed E-state index contributed by atoms with van der Waals surface area (Å²) in [6, 6.07) is 10.0. The Kier molecular flexibility index (Phi) is 4.47. The van der Waals surface area contributed by atoms with Gasteiger partial charge in [-0.3, -0.25) is 9.59 Å². The van der Waals surface area contributed by atoms with Crippen molar-refractivity contribution in [3.63, 3.8) is 0 Å². The molecule has 1 aromatic carbocycles. The number of nitriles is 1. The van der Waals surface area contributed by atoms with Crippen LogP contribution in [0.25, 0.3) is 10.9 Å². The summed E-state index contributed by atoms with van der Waals surface area (Å²) < 4.78 is 1.95. The lowest BCUT2D eigenvalue weighted by Gasteiger charge is -2.39. The average Bonchev–Trinajstić information content (AvgIpc) is 3.24. The number of fused-ring (bicyclic) bond motifs is 3. The third-order valence-electron chi connectivity index (χ3n) is 7.20. The number of benzene rings is 1. The first-order chi connectivity index (χ1) is 14.9. The quantitative estimate of drug-likeness (QED) is 0.696. The number of carbonyl (C=O) groups excluding carboxylic acids is 1. The monoisotopic (exact) mass is 415 g/mol. The molecule has 0 saturated carbocycles. The van der Waals surface area contributed by atoms with E-state index in [1.54, 1.807) is 0 Å². The van der Waals surface area contributed by atoms with E-state index in [0.717, 1.165) is 53.5 Å². The lowest BCUT2D eigenvalue weighted by atomic mass is 9.76. The second-order valence-corrected chi connectivity index (χ2v) is 8.82. The van der Waals surface area contributed by atoms with Crippen molar-refractivity contribution in [1.29, 1.82) is 5.26 Å². The first-order valence-electron chi connectivity index (χ1n) is 10.8. The molecule has 2 aromatic heterocycles. The summed E-state index contributed by atoms with van der Waals surface area (Å²) in [5, 5.41) is 10.5. The van der Waals surface area contributed by atoms with Gasteiger partial charge in [0.15, 0.2) is 0 Å². The van der Waals surface area contributed by atoms with Crippen molar-refractivity contribution in [3.8, 4) is 6.07 Å². The first kappa shape index (κ1) is 19.6. The van der Waals surface area contributed by atoms with Gasteiger partial charge in [0.25, 0.3) is 5.56 Å². The molecule has 31 heavy (non-hydrogen) atoms. The van der Waals surface area contributed by atoms with Gasteiger partial charge in [0.2, 0.25) is 5.91 Å². The molecular weight excluding hydrogens is 390 g/mol. The number of hydrogen-bond acceptors (Lipinski definition) is 4. The molecule has 1 spiro atoms. The van der Waals surface area contributed by atoms with Gasteiger partial charge >= 0.3 is 0 Å². The number of aromatic nitrogens is 3. The van der Waals surface area contributed by atoms with E-state index in [2.05, 4.69) is 11.1 Å². The van der Waals surface area contributed by atoms with Crippen molar-refractivity contribution in [2.75, 3.05) is 13.1 Å². The number of hydrogen-bond donors (Lipinski definition) is 1. The predicted molar refractivity (Wildman–Crippen MR) is 117 cm³/mol. The number of nitrogens with zero attached hydrogens (tertiary/aromatic N) is 4. The van der Waals surface area contributed by atoms with E-state index in [0.29, 0.717) is 24.5 Å². The number of nitrogens with one attached hydrogen (secondary N) is 1. The number of amides is 1. The second-order valence-electron chi connectivity index (χ2n) is 8.82. The van der Waals surface area contributed by atoms with Gasteiger partial charge in [-0.1, -0.05) is 18.2 Å². The van der Waals surface area contributed by atoms with Gasteiger partial charge in [-0.15, -0.1) is 0 Å². The Morgan fingerprint density at radius 3 is 2.71 bits per heavy atom. The van der Waals surface area contributed by atoms with E-state index in [4.69, 9.17) is 4.98 Å². The Labute approximate surface area is 180 Å². The van der Waals surface area contributed by atoms with Crippen molar-refractivity contribution >= 4 is 16.8 Å². The summed E-state index contributed by atoms with van der Waals surface area (Å²) in [5.41, 5.74) is 4.05. The molecule has 0 radical (unpaired) electrons. The largest absolute Gasteiger partial charge is 0.341 e. The van der Waals surface area contributed by atoms with E-state index < -0.39 is 0 Å². The minimum Gasteiger partial charge on any atom is -0.341 e. The molecule has 1 saturated heterocycles. The molecule has 3 aromatic rings. The SMILES string of the molecule is Cc1nc2c(c(=O)[nH]1)CCC21CCN(C(=O)Cn2c(C)c(C#N)c3ccccc32)CC1. The van der Waals surface area contributed by atoms with Crippen LogP contribution in [-0.2, 0) is 23.2 Å². The van der Waals surface area contributed by atoms with Crippen LogP contribution < -0.4 is 5.56 Å². The van der Waals surface area contributed by atoms with Crippen molar-refractivity contribution in [2.45, 2.75) is 51.5 Å². The average molecular weight is 415 g/mol. The first-order valence-corrected chi connectivity index (χ1v) is 10.8. The highest BCUT2D eigenvalue weighted by molar-refractivity contribution is 5.89. The number of aryl methyl sites for hydroxylation is 1. The Morgan fingerprint density at radius 1 is 1.23 bits per heavy atom. The van der Waals surface area contributed by atoms with E-state index in [-0.39, 0.29) is 23.4 Å². The number of aromatic amines is 1. The van der Waals surface area contributed by atoms with Crippen molar-refractivity contribution < 1.29 is 4.79 Å². The third kappa shape index (κ3) is 2.97. The van der Waals surface area contributed by atoms with Crippen molar-refractivity contribution in [3.05, 3.63) is 63.0 Å². The molecular formula is C24H25N5O2. The van der Waals surface area contributed by atoms with Gasteiger partial charge in [-0.05, 0) is 45.6 Å². The number of carbonyl (C=O) groups is 1. The van der Waals surface area contributed by atoms with Crippen LogP contribution in [0.2, 0.25) is 0 Å². The summed E-state index contributed by atoms with van der Waals surface area (Å²) in [6.45, 7) is 5.28. The maximum atomic E-state index is 13.2. The molecule has 7 nitrogen and oxygen atoms in total. The zero-order valence-corrected chi connectivity index (χ0v) is 17.9. The Hall–Kier alpha value is -3.40. The van der Waals surface area contributed by atoms with Crippen LogP contribution in [0, 0.1) is 25.2 Å². The number of piperidine rings is 1. The van der Waals surface area contributed by atoms with Crippen LogP contribution in [0.15, 0.2) is 29.1 Å². The molecule has 7 heteroatoms. The lowest BCUT2D eigenvalue weighted by molar-refractivity contribution is -0.133. The number of para-hydroxylation sites is 1. The molecule has 0 atom stereocenters. The molecule has 1 amide bonds. The molecule has 1 aliphatic carbocycles. The molecule has 158 valence electrons. The van der Waals surface area contributed by atoms with Crippen molar-refractivity contribution in [2.24, 2.45) is 0 Å². The standard InChI is InChI=1S/C24H25N5O2/c1-15-19(13-25)17-5-3-4-6-20(17)29(15)14-21(30)28-11-9-24(10-12-28)8-7-18-22(24)26-16(2)27-23(18)31/h3-6H,7-12,14H2,1-2H3,(H,26,27,31). The molecule has 3 heterocycles. The molecule has 1 fully saturated rings. The normalized spacial score (nSPS) is 17.1. The van der Waals surface area contributed by atoms with Gasteiger partial charge in [-0.25, -0.2) is 4.98 Å². The van der Waals surface area contributed by atoms with Gasteiger partial charge in [0.1, 0.15) is 18.4 Å². The molecule has 1 aliphatic heterocycles. The number of H-pyrrole nitrogens is 1. The van der Waals surface area contributed by atoms with E-state index >= 15 is 0 Å². The summed E-state index contributed by atoms with van der Waals surface area (Å²) >= 11 is 0. The Bertz CT molecular complexity index is 1300. The number of likely N-dealkylation sites (tertiary alicyclic amines) is 1. The highest BCUT2D eigenvalue weighted by Gasteiger charge is 2.44. The Balaban J connectivity index is 1.36. The van der Waals surface area contributed by atoms with E-state index in [1.165, 1.54) is 0 Å². The Morgan fingerprint density at radius 2 is 1.97 bits per heavy atom. The fourth-order valence-electron chi connectivity index (χ4n) is 5.45. The number of rotatable bonds is 2. The zero-order valence-electron chi connectivity index (χ0n) is 17.9.